The Labute approximate surface area is 99.1 Å². The van der Waals surface area contributed by atoms with E-state index in [0.717, 1.165) is 6.54 Å². The minimum absolute atomic E-state index is 0.685. The van der Waals surface area contributed by atoms with Crippen LogP contribution in [0.2, 0.25) is 6.55 Å². The minimum Gasteiger partial charge on any atom is -0.383 e. The van der Waals surface area contributed by atoms with Crippen LogP contribution in [0.3, 0.4) is 0 Å². The summed E-state index contributed by atoms with van der Waals surface area (Å²) in [6, 6.07) is 10.3. The molecule has 0 fully saturated rings. The number of hydrogen-bond donors (Lipinski definition) is 1. The maximum absolute atomic E-state index is 5.70. The SMILES string of the molecule is CCO[Si](C)(NCc1ccccc1)OCC. The van der Waals surface area contributed by atoms with Gasteiger partial charge in [0.05, 0.1) is 0 Å². The summed E-state index contributed by atoms with van der Waals surface area (Å²) in [7, 11) is -2.18. The molecule has 0 saturated heterocycles. The first kappa shape index (κ1) is 13.4. The third-order valence-corrected chi connectivity index (χ3v) is 4.79. The number of hydrogen-bond acceptors (Lipinski definition) is 3. The van der Waals surface area contributed by atoms with Gasteiger partial charge in [-0.25, -0.2) is 0 Å². The number of rotatable bonds is 7. The largest absolute Gasteiger partial charge is 0.422 e. The van der Waals surface area contributed by atoms with Crippen LogP contribution in [0, 0.1) is 0 Å². The molecule has 0 amide bonds. The van der Waals surface area contributed by atoms with Gasteiger partial charge >= 0.3 is 8.72 Å². The van der Waals surface area contributed by atoms with Crippen molar-refractivity contribution in [1.82, 2.24) is 4.98 Å². The van der Waals surface area contributed by atoms with Gasteiger partial charge in [0.2, 0.25) is 0 Å². The Bertz CT molecular complexity index is 286. The fourth-order valence-corrected chi connectivity index (χ4v) is 3.47. The van der Waals surface area contributed by atoms with E-state index < -0.39 is 8.72 Å². The molecule has 0 aliphatic rings. The smallest absolute Gasteiger partial charge is 0.383 e. The summed E-state index contributed by atoms with van der Waals surface area (Å²) in [5.74, 6) is 0. The van der Waals surface area contributed by atoms with E-state index in [1.54, 1.807) is 0 Å². The molecule has 0 atom stereocenters. The zero-order valence-corrected chi connectivity index (χ0v) is 11.3. The Morgan fingerprint density at radius 3 is 2.12 bits per heavy atom. The molecule has 0 spiro atoms. The minimum atomic E-state index is -2.18. The molecule has 90 valence electrons. The third-order valence-electron chi connectivity index (χ3n) is 2.30. The van der Waals surface area contributed by atoms with Crippen LogP contribution in [0.15, 0.2) is 30.3 Å². The Balaban J connectivity index is 2.49. The molecule has 1 aromatic rings. The van der Waals surface area contributed by atoms with E-state index in [1.807, 2.05) is 38.6 Å². The zero-order chi connectivity index (χ0) is 11.9. The predicted molar refractivity (Wildman–Crippen MR) is 68.2 cm³/mol. The molecule has 0 heterocycles. The lowest BCUT2D eigenvalue weighted by Crippen LogP contribution is -2.53. The van der Waals surface area contributed by atoms with E-state index in [9.17, 15) is 0 Å². The fraction of sp³-hybridized carbons (Fsp3) is 0.500. The highest BCUT2D eigenvalue weighted by molar-refractivity contribution is 6.63. The molecule has 1 aromatic carbocycles. The van der Waals surface area contributed by atoms with Gasteiger partial charge in [0.15, 0.2) is 0 Å². The summed E-state index contributed by atoms with van der Waals surface area (Å²) in [5, 5.41) is 0. The van der Waals surface area contributed by atoms with Crippen molar-refractivity contribution in [1.29, 1.82) is 0 Å². The quantitative estimate of drug-likeness (QED) is 0.741. The van der Waals surface area contributed by atoms with Gasteiger partial charge in [0, 0.05) is 19.8 Å². The van der Waals surface area contributed by atoms with Gasteiger partial charge in [-0.05, 0) is 26.0 Å². The van der Waals surface area contributed by atoms with Crippen molar-refractivity contribution in [3.05, 3.63) is 35.9 Å². The van der Waals surface area contributed by atoms with Gasteiger partial charge in [-0.1, -0.05) is 30.3 Å². The molecule has 0 radical (unpaired) electrons. The van der Waals surface area contributed by atoms with Crippen molar-refractivity contribution in [3.63, 3.8) is 0 Å². The van der Waals surface area contributed by atoms with E-state index in [4.69, 9.17) is 8.85 Å². The highest BCUT2D eigenvalue weighted by Gasteiger charge is 2.30. The highest BCUT2D eigenvalue weighted by Crippen LogP contribution is 2.06. The molecule has 0 aliphatic carbocycles. The summed E-state index contributed by atoms with van der Waals surface area (Å²) >= 11 is 0. The van der Waals surface area contributed by atoms with Crippen molar-refractivity contribution < 1.29 is 8.85 Å². The van der Waals surface area contributed by atoms with Crippen LogP contribution in [0.25, 0.3) is 0 Å². The predicted octanol–water partition coefficient (Wildman–Crippen LogP) is 2.42. The first-order valence-corrected chi connectivity index (χ1v) is 8.08. The average Bonchev–Trinajstić information content (AvgIpc) is 2.29. The zero-order valence-electron chi connectivity index (χ0n) is 10.3. The van der Waals surface area contributed by atoms with Crippen molar-refractivity contribution >= 4 is 8.72 Å². The molecule has 0 saturated carbocycles. The van der Waals surface area contributed by atoms with Crippen molar-refractivity contribution in [2.75, 3.05) is 13.2 Å². The van der Waals surface area contributed by atoms with Gasteiger partial charge in [-0.2, -0.15) is 0 Å². The first-order chi connectivity index (χ1) is 7.70. The Kier molecular flexibility index (Phi) is 5.69. The molecule has 0 aliphatic heterocycles. The van der Waals surface area contributed by atoms with Crippen LogP contribution < -0.4 is 4.98 Å². The number of nitrogens with one attached hydrogen (secondary N) is 1. The van der Waals surface area contributed by atoms with Gasteiger partial charge < -0.3 is 8.85 Å². The second-order valence-electron chi connectivity index (χ2n) is 3.65. The third kappa shape index (κ3) is 4.45. The lowest BCUT2D eigenvalue weighted by molar-refractivity contribution is 0.177. The van der Waals surface area contributed by atoms with Gasteiger partial charge in [-0.15, -0.1) is 0 Å². The van der Waals surface area contributed by atoms with Crippen molar-refractivity contribution in [2.24, 2.45) is 0 Å². The summed E-state index contributed by atoms with van der Waals surface area (Å²) in [5.41, 5.74) is 1.25. The second kappa shape index (κ2) is 6.80. The number of benzene rings is 1. The van der Waals surface area contributed by atoms with Crippen molar-refractivity contribution in [2.45, 2.75) is 26.9 Å². The molecule has 16 heavy (non-hydrogen) atoms. The summed E-state index contributed by atoms with van der Waals surface area (Å²) in [6.45, 7) is 8.20. The normalized spacial score (nSPS) is 11.7. The van der Waals surface area contributed by atoms with Crippen LogP contribution in [0.4, 0.5) is 0 Å². The topological polar surface area (TPSA) is 30.5 Å². The molecule has 3 nitrogen and oxygen atoms in total. The second-order valence-corrected chi connectivity index (χ2v) is 6.47. The molecule has 0 unspecified atom stereocenters. The van der Waals surface area contributed by atoms with Crippen LogP contribution in [-0.2, 0) is 15.4 Å². The van der Waals surface area contributed by atoms with Gasteiger partial charge in [0.25, 0.3) is 0 Å². The molecule has 1 N–H and O–H groups in total. The van der Waals surface area contributed by atoms with E-state index >= 15 is 0 Å². The molecule has 0 bridgehead atoms. The summed E-state index contributed by atoms with van der Waals surface area (Å²) in [6.07, 6.45) is 0. The average molecular weight is 239 g/mol. The van der Waals surface area contributed by atoms with Gasteiger partial charge in [0.1, 0.15) is 0 Å². The molecular weight excluding hydrogens is 218 g/mol. The molecule has 0 aromatic heterocycles. The molecule has 1 rings (SSSR count). The monoisotopic (exact) mass is 239 g/mol. The Morgan fingerprint density at radius 1 is 1.06 bits per heavy atom. The van der Waals surface area contributed by atoms with Crippen LogP contribution in [-0.4, -0.2) is 21.9 Å². The highest BCUT2D eigenvalue weighted by atomic mass is 28.4. The van der Waals surface area contributed by atoms with Crippen LogP contribution in [0.5, 0.6) is 0 Å². The summed E-state index contributed by atoms with van der Waals surface area (Å²) < 4.78 is 11.4. The van der Waals surface area contributed by atoms with Crippen LogP contribution >= 0.6 is 0 Å². The van der Waals surface area contributed by atoms with E-state index in [1.165, 1.54) is 5.56 Å². The standard InChI is InChI=1S/C12H21NO2Si/c1-4-14-16(3,15-5-2)13-11-12-9-7-6-8-10-12/h6-10,13H,4-5,11H2,1-3H3. The Hall–Kier alpha value is -0.683. The van der Waals surface area contributed by atoms with E-state index in [2.05, 4.69) is 17.1 Å². The van der Waals surface area contributed by atoms with E-state index in [0.29, 0.717) is 13.2 Å². The first-order valence-electron chi connectivity index (χ1n) is 5.77. The maximum atomic E-state index is 5.70. The lowest BCUT2D eigenvalue weighted by atomic mass is 10.2. The lowest BCUT2D eigenvalue weighted by Gasteiger charge is -2.26. The summed E-state index contributed by atoms with van der Waals surface area (Å²) in [4.78, 5) is 3.41. The van der Waals surface area contributed by atoms with Gasteiger partial charge in [-0.3, -0.25) is 4.98 Å². The van der Waals surface area contributed by atoms with Crippen LogP contribution in [0.1, 0.15) is 19.4 Å². The Morgan fingerprint density at radius 2 is 1.62 bits per heavy atom. The fourth-order valence-electron chi connectivity index (χ4n) is 1.55. The molecule has 4 heteroatoms. The maximum Gasteiger partial charge on any atom is 0.422 e. The van der Waals surface area contributed by atoms with Crippen molar-refractivity contribution in [3.8, 4) is 0 Å². The van der Waals surface area contributed by atoms with E-state index in [-0.39, 0.29) is 0 Å². The molecular formula is C12H21NO2Si.